The second-order valence-electron chi connectivity index (χ2n) is 4.03. The number of aliphatic carboxylic acids is 2. The van der Waals surface area contributed by atoms with Crippen LogP contribution in [-0.2, 0) is 16.0 Å². The number of hydrogen-bond acceptors (Lipinski definition) is 3. The van der Waals surface area contributed by atoms with Gasteiger partial charge in [-0.1, -0.05) is 12.1 Å². The Bertz CT molecular complexity index is 481. The van der Waals surface area contributed by atoms with Gasteiger partial charge in [0.05, 0.1) is 12.3 Å². The molecule has 1 atom stereocenters. The van der Waals surface area contributed by atoms with E-state index in [1.54, 1.807) is 0 Å². The number of benzene rings is 1. The number of alkyl halides is 3. The molecule has 2 N–H and O–H groups in total. The molecule has 0 aromatic heterocycles. The van der Waals surface area contributed by atoms with Crippen LogP contribution in [0.4, 0.5) is 13.2 Å². The van der Waals surface area contributed by atoms with Gasteiger partial charge in [0, 0.05) is 0 Å². The molecule has 0 aliphatic heterocycles. The molecule has 1 rings (SSSR count). The van der Waals surface area contributed by atoms with Gasteiger partial charge in [0.1, 0.15) is 5.75 Å². The van der Waals surface area contributed by atoms with E-state index >= 15 is 0 Å². The fourth-order valence-electron chi connectivity index (χ4n) is 1.57. The average Bonchev–Trinajstić information content (AvgIpc) is 2.28. The van der Waals surface area contributed by atoms with Crippen molar-refractivity contribution in [3.63, 3.8) is 0 Å². The van der Waals surface area contributed by atoms with Crippen molar-refractivity contribution >= 4 is 11.9 Å². The smallest absolute Gasteiger partial charge is 0.481 e. The van der Waals surface area contributed by atoms with Gasteiger partial charge in [-0.25, -0.2) is 0 Å². The van der Waals surface area contributed by atoms with Crippen LogP contribution >= 0.6 is 0 Å². The summed E-state index contributed by atoms with van der Waals surface area (Å²) in [7, 11) is 0. The van der Waals surface area contributed by atoms with Crippen molar-refractivity contribution in [2.45, 2.75) is 19.2 Å². The van der Waals surface area contributed by atoms with Gasteiger partial charge >= 0.3 is 18.3 Å². The zero-order valence-electron chi connectivity index (χ0n) is 10.1. The van der Waals surface area contributed by atoms with Crippen molar-refractivity contribution in [2.24, 2.45) is 5.92 Å². The molecule has 0 saturated carbocycles. The van der Waals surface area contributed by atoms with Crippen LogP contribution in [0.3, 0.4) is 0 Å². The Balaban J connectivity index is 2.72. The van der Waals surface area contributed by atoms with Crippen molar-refractivity contribution < 1.29 is 37.7 Å². The van der Waals surface area contributed by atoms with E-state index in [0.717, 1.165) is 12.1 Å². The van der Waals surface area contributed by atoms with E-state index in [2.05, 4.69) is 4.74 Å². The quantitative estimate of drug-likeness (QED) is 0.840. The lowest BCUT2D eigenvalue weighted by Crippen LogP contribution is -2.20. The molecule has 0 fully saturated rings. The molecule has 1 aromatic carbocycles. The van der Waals surface area contributed by atoms with Gasteiger partial charge in [-0.3, -0.25) is 9.59 Å². The maximum Gasteiger partial charge on any atom is 0.573 e. The Kier molecular flexibility index (Phi) is 4.95. The first-order valence-corrected chi connectivity index (χ1v) is 5.46. The fourth-order valence-corrected chi connectivity index (χ4v) is 1.57. The summed E-state index contributed by atoms with van der Waals surface area (Å²) in [6, 6.07) is 4.61. The summed E-state index contributed by atoms with van der Waals surface area (Å²) < 4.78 is 39.5. The van der Waals surface area contributed by atoms with Gasteiger partial charge in [-0.2, -0.15) is 0 Å². The van der Waals surface area contributed by atoms with E-state index in [-0.39, 0.29) is 6.42 Å². The first-order chi connectivity index (χ1) is 9.17. The molecule has 0 spiro atoms. The fraction of sp³-hybridized carbons (Fsp3) is 0.333. The van der Waals surface area contributed by atoms with Crippen LogP contribution in [0.15, 0.2) is 24.3 Å². The van der Waals surface area contributed by atoms with Crippen molar-refractivity contribution in [2.75, 3.05) is 0 Å². The number of halogens is 3. The standard InChI is InChI=1S/C12H11F3O5/c13-12(14,15)20-9-3-1-7(2-4-9)5-8(11(18)19)6-10(16)17/h1-4,8H,5-6H2,(H,16,17)(H,18,19). The van der Waals surface area contributed by atoms with E-state index in [1.807, 2.05) is 0 Å². The molecule has 0 amide bonds. The van der Waals surface area contributed by atoms with Gasteiger partial charge < -0.3 is 14.9 Å². The molecule has 1 aromatic rings. The Morgan fingerprint density at radius 3 is 2.10 bits per heavy atom. The summed E-state index contributed by atoms with van der Waals surface area (Å²) in [4.78, 5) is 21.4. The highest BCUT2D eigenvalue weighted by Gasteiger charge is 2.31. The molecule has 1 unspecified atom stereocenters. The topological polar surface area (TPSA) is 83.8 Å². The van der Waals surface area contributed by atoms with Crippen molar-refractivity contribution in [3.05, 3.63) is 29.8 Å². The highest BCUT2D eigenvalue weighted by molar-refractivity contribution is 5.78. The lowest BCUT2D eigenvalue weighted by atomic mass is 9.96. The van der Waals surface area contributed by atoms with Crippen LogP contribution in [0.25, 0.3) is 0 Å². The van der Waals surface area contributed by atoms with Crippen molar-refractivity contribution in [3.8, 4) is 5.75 Å². The van der Waals surface area contributed by atoms with E-state index in [4.69, 9.17) is 10.2 Å². The van der Waals surface area contributed by atoms with Crippen LogP contribution in [0, 0.1) is 5.92 Å². The molecule has 20 heavy (non-hydrogen) atoms. The molecule has 5 nitrogen and oxygen atoms in total. The average molecular weight is 292 g/mol. The Hall–Kier alpha value is -2.25. The summed E-state index contributed by atoms with van der Waals surface area (Å²) in [5, 5.41) is 17.4. The summed E-state index contributed by atoms with van der Waals surface area (Å²) >= 11 is 0. The number of hydrogen-bond donors (Lipinski definition) is 2. The van der Waals surface area contributed by atoms with E-state index in [9.17, 15) is 22.8 Å². The maximum absolute atomic E-state index is 11.9. The molecule has 110 valence electrons. The highest BCUT2D eigenvalue weighted by atomic mass is 19.4. The first kappa shape index (κ1) is 15.8. The van der Waals surface area contributed by atoms with Crippen LogP contribution in [0.2, 0.25) is 0 Å². The number of carboxylic acid groups (broad SMARTS) is 2. The zero-order chi connectivity index (χ0) is 15.3. The summed E-state index contributed by atoms with van der Waals surface area (Å²) in [5.74, 6) is -4.09. The highest BCUT2D eigenvalue weighted by Crippen LogP contribution is 2.23. The first-order valence-electron chi connectivity index (χ1n) is 5.46. The number of carbonyl (C=O) groups is 2. The minimum absolute atomic E-state index is 0.0894. The largest absolute Gasteiger partial charge is 0.573 e. The predicted molar refractivity (Wildman–Crippen MR) is 60.2 cm³/mol. The van der Waals surface area contributed by atoms with Gasteiger partial charge in [-0.15, -0.1) is 13.2 Å². The zero-order valence-corrected chi connectivity index (χ0v) is 10.1. The van der Waals surface area contributed by atoms with Crippen molar-refractivity contribution in [1.29, 1.82) is 0 Å². The van der Waals surface area contributed by atoms with Crippen LogP contribution in [0.1, 0.15) is 12.0 Å². The van der Waals surface area contributed by atoms with Gasteiger partial charge in [0.15, 0.2) is 0 Å². The molecule has 0 aliphatic carbocycles. The summed E-state index contributed by atoms with van der Waals surface area (Å²) in [5.41, 5.74) is 0.410. The molecule has 0 aliphatic rings. The van der Waals surface area contributed by atoms with Crippen LogP contribution < -0.4 is 4.74 Å². The van der Waals surface area contributed by atoms with Gasteiger partial charge in [0.2, 0.25) is 0 Å². The van der Waals surface area contributed by atoms with Crippen LogP contribution in [0.5, 0.6) is 5.75 Å². The normalized spacial score (nSPS) is 12.8. The number of rotatable bonds is 6. The third kappa shape index (κ3) is 5.59. The monoisotopic (exact) mass is 292 g/mol. The molecule has 0 heterocycles. The van der Waals surface area contributed by atoms with Crippen molar-refractivity contribution in [1.82, 2.24) is 0 Å². The predicted octanol–water partition coefficient (Wildman–Crippen LogP) is 2.30. The lowest BCUT2D eigenvalue weighted by molar-refractivity contribution is -0.274. The molecular weight excluding hydrogens is 281 g/mol. The minimum atomic E-state index is -4.80. The molecule has 0 bridgehead atoms. The summed E-state index contributed by atoms with van der Waals surface area (Å²) in [6.45, 7) is 0. The second-order valence-corrected chi connectivity index (χ2v) is 4.03. The minimum Gasteiger partial charge on any atom is -0.481 e. The van der Waals surface area contributed by atoms with E-state index < -0.39 is 36.4 Å². The SMILES string of the molecule is O=C(O)CC(Cc1ccc(OC(F)(F)F)cc1)C(=O)O. The second kappa shape index (κ2) is 6.27. The Morgan fingerprint density at radius 1 is 1.15 bits per heavy atom. The Labute approximate surface area is 111 Å². The molecule has 0 radical (unpaired) electrons. The maximum atomic E-state index is 11.9. The van der Waals surface area contributed by atoms with Gasteiger partial charge in [0.25, 0.3) is 0 Å². The molecule has 0 saturated heterocycles. The van der Waals surface area contributed by atoms with Crippen LogP contribution in [-0.4, -0.2) is 28.5 Å². The lowest BCUT2D eigenvalue weighted by Gasteiger charge is -2.11. The third-order valence-corrected chi connectivity index (χ3v) is 2.41. The van der Waals surface area contributed by atoms with E-state index in [0.29, 0.717) is 5.56 Å². The van der Waals surface area contributed by atoms with E-state index in [1.165, 1.54) is 12.1 Å². The molecule has 8 heteroatoms. The molecular formula is C12H11F3O5. The number of carboxylic acids is 2. The third-order valence-electron chi connectivity index (χ3n) is 2.41. The Morgan fingerprint density at radius 2 is 1.70 bits per heavy atom. The number of ether oxygens (including phenoxy) is 1. The summed E-state index contributed by atoms with van der Waals surface area (Å²) in [6.07, 6.45) is -5.45. The van der Waals surface area contributed by atoms with Gasteiger partial charge in [-0.05, 0) is 24.1 Å².